The van der Waals surface area contributed by atoms with Gasteiger partial charge in [0.25, 0.3) is 5.91 Å². The number of nitrogens with zero attached hydrogens (tertiary/aromatic N) is 4. The van der Waals surface area contributed by atoms with E-state index in [-0.39, 0.29) is 5.91 Å². The topological polar surface area (TPSA) is 77.0 Å². The van der Waals surface area contributed by atoms with Crippen molar-refractivity contribution >= 4 is 11.9 Å². The molecule has 8 heteroatoms. The number of hydrogen-bond acceptors (Lipinski definition) is 7. The third-order valence-electron chi connectivity index (χ3n) is 5.18. The van der Waals surface area contributed by atoms with E-state index in [0.717, 1.165) is 25.1 Å². The molecule has 0 N–H and O–H groups in total. The normalized spacial score (nSPS) is 16.5. The average Bonchev–Trinajstić information content (AvgIpc) is 2.78. The van der Waals surface area contributed by atoms with Crippen LogP contribution < -0.4 is 14.4 Å². The molecular formula is C20H24N4O4. The van der Waals surface area contributed by atoms with Crippen LogP contribution in [0.1, 0.15) is 21.5 Å². The summed E-state index contributed by atoms with van der Waals surface area (Å²) in [6, 6.07) is 3.95. The molecule has 0 aliphatic carbocycles. The average molecular weight is 384 g/mol. The molecule has 1 amide bonds. The molecule has 148 valence electrons. The Bertz CT molecular complexity index is 850. The van der Waals surface area contributed by atoms with E-state index in [2.05, 4.69) is 14.9 Å². The van der Waals surface area contributed by atoms with Gasteiger partial charge in [0.1, 0.15) is 0 Å². The number of hydrogen-bond donors (Lipinski definition) is 0. The molecular weight excluding hydrogens is 360 g/mol. The largest absolute Gasteiger partial charge is 0.493 e. The van der Waals surface area contributed by atoms with Crippen LogP contribution >= 0.6 is 0 Å². The highest BCUT2D eigenvalue weighted by atomic mass is 16.5. The number of rotatable bonds is 4. The van der Waals surface area contributed by atoms with Crippen LogP contribution in [-0.2, 0) is 17.7 Å². The van der Waals surface area contributed by atoms with Gasteiger partial charge in [-0.1, -0.05) is 0 Å². The Labute approximate surface area is 164 Å². The van der Waals surface area contributed by atoms with Gasteiger partial charge in [0.05, 0.1) is 33.0 Å². The fourth-order valence-corrected chi connectivity index (χ4v) is 3.60. The van der Waals surface area contributed by atoms with Gasteiger partial charge < -0.3 is 24.0 Å². The molecule has 4 rings (SSSR count). The minimum Gasteiger partial charge on any atom is -0.493 e. The SMILES string of the molecule is COc1cc2c(cc1OC)CN(C(=O)c1cnc(N3CCOCC3)nc1)CC2. The van der Waals surface area contributed by atoms with Gasteiger partial charge in [0, 0.05) is 38.6 Å². The first-order chi connectivity index (χ1) is 13.7. The third-order valence-corrected chi connectivity index (χ3v) is 5.18. The van der Waals surface area contributed by atoms with Crippen molar-refractivity contribution in [3.05, 3.63) is 41.2 Å². The summed E-state index contributed by atoms with van der Waals surface area (Å²) in [6.07, 6.45) is 4.00. The van der Waals surface area contributed by atoms with Gasteiger partial charge in [-0.25, -0.2) is 9.97 Å². The minimum absolute atomic E-state index is 0.0611. The highest BCUT2D eigenvalue weighted by Gasteiger charge is 2.24. The quantitative estimate of drug-likeness (QED) is 0.791. The number of carbonyl (C=O) groups excluding carboxylic acids is 1. The van der Waals surface area contributed by atoms with Crippen LogP contribution in [0.25, 0.3) is 0 Å². The second-order valence-corrected chi connectivity index (χ2v) is 6.82. The molecule has 3 heterocycles. The van der Waals surface area contributed by atoms with E-state index in [1.807, 2.05) is 17.0 Å². The summed E-state index contributed by atoms with van der Waals surface area (Å²) in [4.78, 5) is 25.6. The summed E-state index contributed by atoms with van der Waals surface area (Å²) in [5.74, 6) is 1.97. The monoisotopic (exact) mass is 384 g/mol. The molecule has 1 saturated heterocycles. The van der Waals surface area contributed by atoms with Gasteiger partial charge in [-0.15, -0.1) is 0 Å². The smallest absolute Gasteiger partial charge is 0.257 e. The molecule has 1 aromatic carbocycles. The number of benzene rings is 1. The molecule has 8 nitrogen and oxygen atoms in total. The number of amides is 1. The van der Waals surface area contributed by atoms with Crippen molar-refractivity contribution in [3.63, 3.8) is 0 Å². The molecule has 2 aromatic rings. The first kappa shape index (κ1) is 18.5. The maximum atomic E-state index is 12.9. The molecule has 0 saturated carbocycles. The standard InChI is InChI=1S/C20H24N4O4/c1-26-17-9-14-3-4-24(13-15(14)10-18(17)27-2)19(25)16-11-21-20(22-12-16)23-5-7-28-8-6-23/h9-12H,3-8,13H2,1-2H3. The van der Waals surface area contributed by atoms with Gasteiger partial charge in [-0.05, 0) is 29.7 Å². The van der Waals surface area contributed by atoms with Crippen molar-refractivity contribution < 1.29 is 19.0 Å². The van der Waals surface area contributed by atoms with Crippen LogP contribution in [0.3, 0.4) is 0 Å². The highest BCUT2D eigenvalue weighted by molar-refractivity contribution is 5.93. The predicted octanol–water partition coefficient (Wildman–Crippen LogP) is 1.53. The van der Waals surface area contributed by atoms with Crippen molar-refractivity contribution in [2.45, 2.75) is 13.0 Å². The summed E-state index contributed by atoms with van der Waals surface area (Å²) >= 11 is 0. The molecule has 0 atom stereocenters. The van der Waals surface area contributed by atoms with Crippen LogP contribution in [0.5, 0.6) is 11.5 Å². The summed E-state index contributed by atoms with van der Waals surface area (Å²) in [7, 11) is 3.24. The Hall–Kier alpha value is -2.87. The maximum Gasteiger partial charge on any atom is 0.257 e. The zero-order valence-electron chi connectivity index (χ0n) is 16.2. The van der Waals surface area contributed by atoms with Crippen LogP contribution in [-0.4, -0.2) is 67.8 Å². The molecule has 0 spiro atoms. The lowest BCUT2D eigenvalue weighted by molar-refractivity contribution is 0.0733. The van der Waals surface area contributed by atoms with Crippen molar-refractivity contribution in [1.29, 1.82) is 0 Å². The van der Waals surface area contributed by atoms with E-state index >= 15 is 0 Å². The van der Waals surface area contributed by atoms with E-state index < -0.39 is 0 Å². The first-order valence-corrected chi connectivity index (χ1v) is 9.37. The van der Waals surface area contributed by atoms with Gasteiger partial charge in [-0.3, -0.25) is 4.79 Å². The van der Waals surface area contributed by atoms with E-state index in [4.69, 9.17) is 14.2 Å². The van der Waals surface area contributed by atoms with Crippen LogP contribution in [0.15, 0.2) is 24.5 Å². The Morgan fingerprint density at radius 3 is 2.29 bits per heavy atom. The molecule has 1 aromatic heterocycles. The first-order valence-electron chi connectivity index (χ1n) is 9.37. The Morgan fingerprint density at radius 2 is 1.64 bits per heavy atom. The fourth-order valence-electron chi connectivity index (χ4n) is 3.60. The number of carbonyl (C=O) groups is 1. The second-order valence-electron chi connectivity index (χ2n) is 6.82. The Kier molecular flexibility index (Phi) is 5.29. The van der Waals surface area contributed by atoms with Crippen LogP contribution in [0.2, 0.25) is 0 Å². The zero-order valence-corrected chi connectivity index (χ0v) is 16.2. The lowest BCUT2D eigenvalue weighted by Gasteiger charge is -2.30. The van der Waals surface area contributed by atoms with Crippen molar-refractivity contribution in [3.8, 4) is 11.5 Å². The molecule has 0 bridgehead atoms. The van der Waals surface area contributed by atoms with Crippen LogP contribution in [0, 0.1) is 0 Å². The van der Waals surface area contributed by atoms with Gasteiger partial charge >= 0.3 is 0 Å². The van der Waals surface area contributed by atoms with Crippen LogP contribution in [0.4, 0.5) is 5.95 Å². The minimum atomic E-state index is -0.0611. The third kappa shape index (κ3) is 3.60. The van der Waals surface area contributed by atoms with Gasteiger partial charge in [0.15, 0.2) is 11.5 Å². The molecule has 28 heavy (non-hydrogen) atoms. The van der Waals surface area contributed by atoms with E-state index in [0.29, 0.717) is 49.3 Å². The number of anilines is 1. The molecule has 1 fully saturated rings. The number of methoxy groups -OCH3 is 2. The maximum absolute atomic E-state index is 12.9. The molecule has 2 aliphatic heterocycles. The lowest BCUT2D eigenvalue weighted by Crippen LogP contribution is -2.38. The number of fused-ring (bicyclic) bond motifs is 1. The summed E-state index contributed by atoms with van der Waals surface area (Å²) in [6.45, 7) is 4.05. The van der Waals surface area contributed by atoms with Crippen molar-refractivity contribution in [2.24, 2.45) is 0 Å². The van der Waals surface area contributed by atoms with E-state index in [9.17, 15) is 4.79 Å². The fraction of sp³-hybridized carbons (Fsp3) is 0.450. The molecule has 0 radical (unpaired) electrons. The van der Waals surface area contributed by atoms with Crippen molar-refractivity contribution in [2.75, 3.05) is 52.0 Å². The lowest BCUT2D eigenvalue weighted by atomic mass is 9.98. The second kappa shape index (κ2) is 8.02. The van der Waals surface area contributed by atoms with E-state index in [1.54, 1.807) is 26.6 Å². The summed E-state index contributed by atoms with van der Waals surface area (Å²) < 4.78 is 16.1. The summed E-state index contributed by atoms with van der Waals surface area (Å²) in [5, 5.41) is 0. The van der Waals surface area contributed by atoms with Gasteiger partial charge in [-0.2, -0.15) is 0 Å². The summed E-state index contributed by atoms with van der Waals surface area (Å²) in [5.41, 5.74) is 2.75. The molecule has 2 aliphatic rings. The Morgan fingerprint density at radius 1 is 1.00 bits per heavy atom. The number of ether oxygens (including phenoxy) is 3. The van der Waals surface area contributed by atoms with E-state index in [1.165, 1.54) is 5.56 Å². The highest BCUT2D eigenvalue weighted by Crippen LogP contribution is 2.33. The number of aromatic nitrogens is 2. The Balaban J connectivity index is 1.48. The van der Waals surface area contributed by atoms with Crippen molar-refractivity contribution in [1.82, 2.24) is 14.9 Å². The molecule has 0 unspecified atom stereocenters. The number of morpholine rings is 1. The predicted molar refractivity (Wildman–Crippen MR) is 103 cm³/mol. The zero-order chi connectivity index (χ0) is 19.5. The van der Waals surface area contributed by atoms with Gasteiger partial charge in [0.2, 0.25) is 5.95 Å².